The van der Waals surface area contributed by atoms with Gasteiger partial charge in [0.1, 0.15) is 0 Å². The number of hydroxylamine groups is 1. The Hall–Kier alpha value is -1.20. The third kappa shape index (κ3) is 4440. The van der Waals surface area contributed by atoms with Gasteiger partial charge in [-0.15, -0.1) is 0 Å². The van der Waals surface area contributed by atoms with Gasteiger partial charge in [-0.1, -0.05) is 0 Å². The molecule has 0 aromatic heterocycles. The number of nitrogens with one attached hydrogen (secondary N) is 1. The molecule has 18 heavy (non-hydrogen) atoms. The summed E-state index contributed by atoms with van der Waals surface area (Å²) in [6, 6.07) is 0. The monoisotopic (exact) mass is 312 g/mol. The fourth-order valence-electron chi connectivity index (χ4n) is 0.0645. The molecule has 0 rings (SSSR count). The summed E-state index contributed by atoms with van der Waals surface area (Å²) in [5.74, 6) is -3.25. The maximum Gasteiger partial charge on any atom is 3.00 e. The molecule has 0 fully saturated rings. The molecule has 10 heteroatoms. The van der Waals surface area contributed by atoms with Crippen LogP contribution in [0.4, 0.5) is 0 Å². The maximum absolute atomic E-state index is 8.89. The van der Waals surface area contributed by atoms with Crippen molar-refractivity contribution in [1.82, 2.24) is 5.48 Å². The van der Waals surface area contributed by atoms with Gasteiger partial charge in [0.25, 0.3) is 0 Å². The van der Waals surface area contributed by atoms with Crippen molar-refractivity contribution >= 4 is 17.9 Å². The Balaban J connectivity index is -0.0000000412. The maximum atomic E-state index is 8.89. The Morgan fingerprint density at radius 1 is 1.00 bits per heavy atom. The standard InChI is InChI=1S/C2H8N2O.3C2H4O2.Co/c3-1-2-4-5;3*1-2(3)4;/h4-5H,1-3H2;3*1H3,(H,3,4);/q;;;;+3/p-3. The summed E-state index contributed by atoms with van der Waals surface area (Å²) < 4.78 is 0. The van der Waals surface area contributed by atoms with Crippen molar-refractivity contribution in [3.63, 3.8) is 0 Å². The second-order valence-electron chi connectivity index (χ2n) is 2.17. The fraction of sp³-hybridized carbons (Fsp3) is 0.625. The number of hydrogen-bond donors (Lipinski definition) is 3. The molecular formula is C8H17CoN2O7. The molecule has 0 unspecified atom stereocenters. The van der Waals surface area contributed by atoms with Crippen LogP contribution in [-0.4, -0.2) is 36.2 Å². The first-order valence-corrected chi connectivity index (χ1v) is 4.21. The van der Waals surface area contributed by atoms with Crippen LogP contribution >= 0.6 is 0 Å². The summed E-state index contributed by atoms with van der Waals surface area (Å²) >= 11 is 0. The third-order valence-corrected chi connectivity index (χ3v) is 0.256. The Morgan fingerprint density at radius 2 is 1.17 bits per heavy atom. The SMILES string of the molecule is CC(=O)[O-].CC(=O)[O-].CC(=O)[O-].NCCNO.[Co+3]. The molecular weight excluding hydrogens is 295 g/mol. The van der Waals surface area contributed by atoms with Gasteiger partial charge in [-0.25, -0.2) is 5.48 Å². The van der Waals surface area contributed by atoms with Crippen LogP contribution in [-0.2, 0) is 31.2 Å². The first kappa shape index (κ1) is 30.1. The zero-order chi connectivity index (χ0) is 14.9. The number of carbonyl (C=O) groups is 3. The van der Waals surface area contributed by atoms with Crippen LogP contribution in [0.25, 0.3) is 0 Å². The van der Waals surface area contributed by atoms with Gasteiger partial charge in [0, 0.05) is 31.0 Å². The molecule has 0 bridgehead atoms. The van der Waals surface area contributed by atoms with E-state index in [-0.39, 0.29) is 16.8 Å². The second-order valence-corrected chi connectivity index (χ2v) is 2.17. The Bertz CT molecular complexity index is 159. The van der Waals surface area contributed by atoms with Crippen LogP contribution in [0.2, 0.25) is 0 Å². The fourth-order valence-corrected chi connectivity index (χ4v) is 0.0645. The van der Waals surface area contributed by atoms with E-state index < -0.39 is 17.9 Å². The van der Waals surface area contributed by atoms with Crippen LogP contribution in [0.5, 0.6) is 0 Å². The predicted molar refractivity (Wildman–Crippen MR) is 50.9 cm³/mol. The second kappa shape index (κ2) is 29.7. The van der Waals surface area contributed by atoms with Gasteiger partial charge in [-0.05, 0) is 20.8 Å². The van der Waals surface area contributed by atoms with Crippen LogP contribution in [0.15, 0.2) is 0 Å². The van der Waals surface area contributed by atoms with Crippen molar-refractivity contribution in [1.29, 1.82) is 0 Å². The van der Waals surface area contributed by atoms with E-state index in [0.29, 0.717) is 13.1 Å². The van der Waals surface area contributed by atoms with Crippen molar-refractivity contribution < 1.29 is 51.7 Å². The molecule has 0 saturated carbocycles. The minimum absolute atomic E-state index is 0. The molecule has 4 N–H and O–H groups in total. The van der Waals surface area contributed by atoms with Gasteiger partial charge >= 0.3 is 16.8 Å². The van der Waals surface area contributed by atoms with Crippen LogP contribution in [0, 0.1) is 0 Å². The van der Waals surface area contributed by atoms with E-state index in [1.807, 2.05) is 5.48 Å². The number of rotatable bonds is 2. The van der Waals surface area contributed by atoms with Crippen molar-refractivity contribution in [2.24, 2.45) is 5.73 Å². The average Bonchev–Trinajstić information content (AvgIpc) is 2.01. The zero-order valence-electron chi connectivity index (χ0n) is 10.2. The molecule has 0 heterocycles. The molecule has 0 aliphatic heterocycles. The Kier molecular flexibility index (Phi) is 49.6. The summed E-state index contributed by atoms with van der Waals surface area (Å²) in [6.07, 6.45) is 0. The molecule has 0 aromatic carbocycles. The van der Waals surface area contributed by atoms with Gasteiger partial charge in [0.15, 0.2) is 0 Å². The number of hydrogen-bond acceptors (Lipinski definition) is 9. The molecule has 0 aromatic rings. The molecule has 9 nitrogen and oxygen atoms in total. The predicted octanol–water partition coefficient (Wildman–Crippen LogP) is -4.81. The first-order valence-electron chi connectivity index (χ1n) is 4.21. The topological polar surface area (TPSA) is 179 Å². The van der Waals surface area contributed by atoms with E-state index in [4.69, 9.17) is 40.6 Å². The third-order valence-electron chi connectivity index (χ3n) is 0.256. The molecule has 0 radical (unpaired) electrons. The number of nitrogens with two attached hydrogens (primary N) is 1. The van der Waals surface area contributed by atoms with E-state index in [0.717, 1.165) is 20.8 Å². The number of aliphatic carboxylic acids is 3. The van der Waals surface area contributed by atoms with Gasteiger partial charge in [0.05, 0.1) is 0 Å². The van der Waals surface area contributed by atoms with Gasteiger partial charge < -0.3 is 40.6 Å². The zero-order valence-corrected chi connectivity index (χ0v) is 11.3. The van der Waals surface area contributed by atoms with E-state index in [9.17, 15) is 0 Å². The molecule has 0 saturated heterocycles. The van der Waals surface area contributed by atoms with E-state index in [1.54, 1.807) is 0 Å². The Morgan fingerprint density at radius 3 is 1.17 bits per heavy atom. The van der Waals surface area contributed by atoms with E-state index in [2.05, 4.69) is 0 Å². The average molecular weight is 312 g/mol. The summed E-state index contributed by atoms with van der Waals surface area (Å²) in [5, 5.41) is 34.4. The molecule has 0 atom stereocenters. The van der Waals surface area contributed by atoms with Gasteiger partial charge in [0.2, 0.25) is 0 Å². The molecule has 0 amide bonds. The van der Waals surface area contributed by atoms with Crippen LogP contribution in [0.3, 0.4) is 0 Å². The quantitative estimate of drug-likeness (QED) is 0.422. The Labute approximate surface area is 115 Å². The number of carboxylic acid groups (broad SMARTS) is 3. The van der Waals surface area contributed by atoms with Crippen molar-refractivity contribution in [3.05, 3.63) is 0 Å². The van der Waals surface area contributed by atoms with Crippen molar-refractivity contribution in [3.8, 4) is 0 Å². The van der Waals surface area contributed by atoms with Gasteiger partial charge in [-0.3, -0.25) is 0 Å². The van der Waals surface area contributed by atoms with Crippen LogP contribution < -0.4 is 26.5 Å². The van der Waals surface area contributed by atoms with Crippen molar-refractivity contribution in [2.45, 2.75) is 20.8 Å². The minimum Gasteiger partial charge on any atom is -0.550 e. The minimum atomic E-state index is -1.08. The number of carboxylic acids is 3. The van der Waals surface area contributed by atoms with Crippen molar-refractivity contribution in [2.75, 3.05) is 13.1 Å². The molecule has 110 valence electrons. The molecule has 0 aliphatic carbocycles. The molecule has 0 spiro atoms. The molecule has 0 aliphatic rings. The van der Waals surface area contributed by atoms with Crippen LogP contribution in [0.1, 0.15) is 20.8 Å². The normalized spacial score (nSPS) is 6.50. The largest absolute Gasteiger partial charge is 3.00 e. The summed E-state index contributed by atoms with van der Waals surface area (Å²) in [6.45, 7) is 3.87. The summed E-state index contributed by atoms with van der Waals surface area (Å²) in [5.41, 5.74) is 6.81. The first-order chi connectivity index (χ1) is 7.61. The summed E-state index contributed by atoms with van der Waals surface area (Å²) in [7, 11) is 0. The number of carbonyl (C=O) groups excluding carboxylic acids is 3. The smallest absolute Gasteiger partial charge is 0.550 e. The van der Waals surface area contributed by atoms with E-state index >= 15 is 0 Å². The van der Waals surface area contributed by atoms with E-state index in [1.165, 1.54) is 0 Å². The van der Waals surface area contributed by atoms with Gasteiger partial charge in [-0.2, -0.15) is 0 Å². The summed E-state index contributed by atoms with van der Waals surface area (Å²) in [4.78, 5) is 26.7.